The number of benzene rings is 1. The molecule has 1 aliphatic heterocycles. The largest absolute Gasteiger partial charge is 0.478 e. The number of rotatable bonds is 4. The molecule has 4 heteroatoms. The average Bonchev–Trinajstić information content (AvgIpc) is 2.40. The third-order valence-electron chi connectivity index (χ3n) is 3.63. The monoisotopic (exact) mass is 249 g/mol. The standard InChI is InChI=1S/C14H19NO3/c16-10-7-11-5-8-15(9-6-11)13-3-1-12(2-4-13)14(17)18/h1-4,11,16H,5-10H2,(H,17,18). The Bertz CT molecular complexity index is 394. The third kappa shape index (κ3) is 3.01. The lowest BCUT2D eigenvalue weighted by molar-refractivity contribution is 0.0697. The van der Waals surface area contributed by atoms with Crippen LogP contribution in [0, 0.1) is 5.92 Å². The highest BCUT2D eigenvalue weighted by atomic mass is 16.4. The minimum absolute atomic E-state index is 0.276. The van der Waals surface area contributed by atoms with Crippen molar-refractivity contribution in [3.63, 3.8) is 0 Å². The zero-order valence-corrected chi connectivity index (χ0v) is 10.4. The molecule has 1 aromatic carbocycles. The molecular weight excluding hydrogens is 230 g/mol. The van der Waals surface area contributed by atoms with E-state index in [4.69, 9.17) is 10.2 Å². The highest BCUT2D eigenvalue weighted by Gasteiger charge is 2.19. The van der Waals surface area contributed by atoms with E-state index in [0.29, 0.717) is 11.5 Å². The Morgan fingerprint density at radius 3 is 2.33 bits per heavy atom. The van der Waals surface area contributed by atoms with Crippen molar-refractivity contribution in [2.75, 3.05) is 24.6 Å². The number of aromatic carboxylic acids is 1. The fraction of sp³-hybridized carbons (Fsp3) is 0.500. The van der Waals surface area contributed by atoms with Crippen LogP contribution in [0.15, 0.2) is 24.3 Å². The molecule has 0 radical (unpaired) electrons. The van der Waals surface area contributed by atoms with E-state index in [2.05, 4.69) is 4.90 Å². The number of hydrogen-bond acceptors (Lipinski definition) is 3. The summed E-state index contributed by atoms with van der Waals surface area (Å²) in [6.45, 7) is 2.24. The van der Waals surface area contributed by atoms with Crippen molar-refractivity contribution in [3.05, 3.63) is 29.8 Å². The maximum absolute atomic E-state index is 10.8. The summed E-state index contributed by atoms with van der Waals surface area (Å²) in [5.74, 6) is -0.257. The Balaban J connectivity index is 1.95. The van der Waals surface area contributed by atoms with Crippen LogP contribution in [-0.4, -0.2) is 35.9 Å². The molecule has 1 saturated heterocycles. The van der Waals surface area contributed by atoms with E-state index in [-0.39, 0.29) is 6.61 Å². The minimum atomic E-state index is -0.886. The molecule has 1 aliphatic rings. The highest BCUT2D eigenvalue weighted by Crippen LogP contribution is 2.25. The third-order valence-corrected chi connectivity index (χ3v) is 3.63. The van der Waals surface area contributed by atoms with Crippen LogP contribution >= 0.6 is 0 Å². The van der Waals surface area contributed by atoms with Gasteiger partial charge >= 0.3 is 5.97 Å². The zero-order chi connectivity index (χ0) is 13.0. The fourth-order valence-corrected chi connectivity index (χ4v) is 2.48. The molecular formula is C14H19NO3. The molecule has 0 unspecified atom stereocenters. The van der Waals surface area contributed by atoms with Crippen molar-refractivity contribution in [3.8, 4) is 0 Å². The molecule has 1 heterocycles. The molecule has 98 valence electrons. The van der Waals surface area contributed by atoms with Crippen LogP contribution in [0.3, 0.4) is 0 Å². The number of carbonyl (C=O) groups is 1. The Morgan fingerprint density at radius 1 is 1.22 bits per heavy atom. The normalized spacial score (nSPS) is 16.8. The van der Waals surface area contributed by atoms with Crippen LogP contribution in [0.1, 0.15) is 29.6 Å². The van der Waals surface area contributed by atoms with Gasteiger partial charge in [0.25, 0.3) is 0 Å². The number of aliphatic hydroxyl groups excluding tert-OH is 1. The molecule has 0 atom stereocenters. The lowest BCUT2D eigenvalue weighted by atomic mass is 9.93. The van der Waals surface area contributed by atoms with Crippen LogP contribution in [0.25, 0.3) is 0 Å². The van der Waals surface area contributed by atoms with Crippen molar-refractivity contribution in [2.24, 2.45) is 5.92 Å². The van der Waals surface area contributed by atoms with Gasteiger partial charge in [0.1, 0.15) is 0 Å². The molecule has 0 bridgehead atoms. The highest BCUT2D eigenvalue weighted by molar-refractivity contribution is 5.88. The van der Waals surface area contributed by atoms with E-state index in [1.54, 1.807) is 12.1 Å². The topological polar surface area (TPSA) is 60.8 Å². The summed E-state index contributed by atoms with van der Waals surface area (Å²) in [4.78, 5) is 13.0. The first-order valence-electron chi connectivity index (χ1n) is 6.40. The number of anilines is 1. The maximum Gasteiger partial charge on any atom is 0.335 e. The summed E-state index contributed by atoms with van der Waals surface area (Å²) in [6.07, 6.45) is 3.09. The Kier molecular flexibility index (Phi) is 4.20. The van der Waals surface area contributed by atoms with Gasteiger partial charge in [-0.05, 0) is 49.4 Å². The number of aliphatic hydroxyl groups is 1. The van der Waals surface area contributed by atoms with Crippen molar-refractivity contribution in [1.29, 1.82) is 0 Å². The van der Waals surface area contributed by atoms with E-state index in [1.807, 2.05) is 12.1 Å². The average molecular weight is 249 g/mol. The molecule has 0 aliphatic carbocycles. The first-order chi connectivity index (χ1) is 8.70. The van der Waals surface area contributed by atoms with Gasteiger partial charge in [-0.2, -0.15) is 0 Å². The van der Waals surface area contributed by atoms with Gasteiger partial charge < -0.3 is 15.1 Å². The zero-order valence-electron chi connectivity index (χ0n) is 10.4. The fourth-order valence-electron chi connectivity index (χ4n) is 2.48. The SMILES string of the molecule is O=C(O)c1ccc(N2CCC(CCO)CC2)cc1. The summed E-state index contributed by atoms with van der Waals surface area (Å²) in [7, 11) is 0. The molecule has 0 spiro atoms. The summed E-state index contributed by atoms with van der Waals surface area (Å²) in [5, 5.41) is 17.8. The second-order valence-corrected chi connectivity index (χ2v) is 4.79. The van der Waals surface area contributed by atoms with Gasteiger partial charge in [0.05, 0.1) is 5.56 Å². The number of piperidine rings is 1. The molecule has 2 rings (SSSR count). The quantitative estimate of drug-likeness (QED) is 0.856. The number of nitrogens with zero attached hydrogens (tertiary/aromatic N) is 1. The summed E-state index contributed by atoms with van der Waals surface area (Å²) < 4.78 is 0. The van der Waals surface area contributed by atoms with Gasteiger partial charge in [-0.15, -0.1) is 0 Å². The van der Waals surface area contributed by atoms with Gasteiger partial charge in [-0.1, -0.05) is 0 Å². The van der Waals surface area contributed by atoms with E-state index in [0.717, 1.165) is 38.0 Å². The van der Waals surface area contributed by atoms with Gasteiger partial charge in [0.2, 0.25) is 0 Å². The molecule has 0 saturated carbocycles. The first kappa shape index (κ1) is 12.9. The van der Waals surface area contributed by atoms with E-state index in [1.165, 1.54) is 0 Å². The molecule has 0 aromatic heterocycles. The number of carboxylic acid groups (broad SMARTS) is 1. The van der Waals surface area contributed by atoms with E-state index < -0.39 is 5.97 Å². The van der Waals surface area contributed by atoms with Crippen LogP contribution < -0.4 is 4.90 Å². The van der Waals surface area contributed by atoms with Crippen LogP contribution in [0.5, 0.6) is 0 Å². The second kappa shape index (κ2) is 5.87. The molecule has 18 heavy (non-hydrogen) atoms. The van der Waals surface area contributed by atoms with E-state index >= 15 is 0 Å². The molecule has 1 fully saturated rings. The van der Waals surface area contributed by atoms with Crippen molar-refractivity contribution < 1.29 is 15.0 Å². The smallest absolute Gasteiger partial charge is 0.335 e. The summed E-state index contributed by atoms with van der Waals surface area (Å²) in [6, 6.07) is 7.04. The predicted octanol–water partition coefficient (Wildman–Crippen LogP) is 1.98. The second-order valence-electron chi connectivity index (χ2n) is 4.79. The van der Waals surface area contributed by atoms with Crippen LogP contribution in [0.4, 0.5) is 5.69 Å². The maximum atomic E-state index is 10.8. The lowest BCUT2D eigenvalue weighted by Crippen LogP contribution is -2.33. The van der Waals surface area contributed by atoms with Crippen molar-refractivity contribution in [1.82, 2.24) is 0 Å². The Morgan fingerprint density at radius 2 is 1.83 bits per heavy atom. The van der Waals surface area contributed by atoms with Gasteiger partial charge in [-0.25, -0.2) is 4.79 Å². The minimum Gasteiger partial charge on any atom is -0.478 e. The summed E-state index contributed by atoms with van der Waals surface area (Å²) in [5.41, 5.74) is 1.41. The number of carboxylic acids is 1. The number of hydrogen-bond donors (Lipinski definition) is 2. The van der Waals surface area contributed by atoms with E-state index in [9.17, 15) is 4.79 Å². The Labute approximate surface area is 107 Å². The Hall–Kier alpha value is -1.55. The summed E-state index contributed by atoms with van der Waals surface area (Å²) >= 11 is 0. The molecule has 0 amide bonds. The first-order valence-corrected chi connectivity index (χ1v) is 6.40. The van der Waals surface area contributed by atoms with Crippen LogP contribution in [0.2, 0.25) is 0 Å². The molecule has 2 N–H and O–H groups in total. The lowest BCUT2D eigenvalue weighted by Gasteiger charge is -2.33. The van der Waals surface area contributed by atoms with Gasteiger partial charge in [0.15, 0.2) is 0 Å². The molecule has 1 aromatic rings. The van der Waals surface area contributed by atoms with Crippen LogP contribution in [-0.2, 0) is 0 Å². The predicted molar refractivity (Wildman–Crippen MR) is 70.0 cm³/mol. The van der Waals surface area contributed by atoms with Crippen molar-refractivity contribution >= 4 is 11.7 Å². The van der Waals surface area contributed by atoms with Gasteiger partial charge in [-0.3, -0.25) is 0 Å². The van der Waals surface area contributed by atoms with Gasteiger partial charge in [0, 0.05) is 25.4 Å². The van der Waals surface area contributed by atoms with Crippen molar-refractivity contribution in [2.45, 2.75) is 19.3 Å². The molecule has 4 nitrogen and oxygen atoms in total.